The first-order chi connectivity index (χ1) is 13.5. The van der Waals surface area contributed by atoms with Gasteiger partial charge in [-0.1, -0.05) is 12.1 Å². The van der Waals surface area contributed by atoms with Crippen molar-refractivity contribution in [3.05, 3.63) is 47.5 Å². The minimum atomic E-state index is -1.43. The van der Waals surface area contributed by atoms with Gasteiger partial charge in [-0.05, 0) is 31.2 Å². The van der Waals surface area contributed by atoms with Crippen LogP contribution in [-0.4, -0.2) is 34.2 Å². The van der Waals surface area contributed by atoms with Crippen LogP contribution in [0.3, 0.4) is 0 Å². The van der Waals surface area contributed by atoms with E-state index in [-0.39, 0.29) is 5.78 Å². The Balaban J connectivity index is 2.03. The lowest BCUT2D eigenvalue weighted by Crippen LogP contribution is -2.47. The van der Waals surface area contributed by atoms with E-state index in [1.807, 2.05) is 24.3 Å². The first-order valence-corrected chi connectivity index (χ1v) is 8.65. The van der Waals surface area contributed by atoms with Crippen molar-refractivity contribution in [2.75, 3.05) is 28.4 Å². The van der Waals surface area contributed by atoms with E-state index in [1.54, 1.807) is 19.2 Å². The average molecular weight is 388 g/mol. The van der Waals surface area contributed by atoms with Crippen molar-refractivity contribution in [1.82, 2.24) is 10.9 Å². The van der Waals surface area contributed by atoms with E-state index in [0.717, 1.165) is 5.56 Å². The van der Waals surface area contributed by atoms with Gasteiger partial charge in [0, 0.05) is 11.1 Å². The van der Waals surface area contributed by atoms with Gasteiger partial charge in [-0.15, -0.1) is 0 Å². The second kappa shape index (κ2) is 8.05. The summed E-state index contributed by atoms with van der Waals surface area (Å²) in [6.07, 6.45) is -0.571. The maximum atomic E-state index is 12.7. The molecule has 150 valence electrons. The van der Waals surface area contributed by atoms with E-state index in [9.17, 15) is 4.79 Å². The predicted molar refractivity (Wildman–Crippen MR) is 102 cm³/mol. The van der Waals surface area contributed by atoms with Gasteiger partial charge in [-0.2, -0.15) is 0 Å². The minimum absolute atomic E-state index is 0.236. The molecule has 1 aliphatic heterocycles. The summed E-state index contributed by atoms with van der Waals surface area (Å²) in [5.41, 5.74) is 5.93. The average Bonchev–Trinajstić information content (AvgIpc) is 3.19. The Labute approximate surface area is 163 Å². The van der Waals surface area contributed by atoms with Gasteiger partial charge in [-0.25, -0.2) is 10.9 Å². The van der Waals surface area contributed by atoms with Gasteiger partial charge >= 0.3 is 0 Å². The highest BCUT2D eigenvalue weighted by Gasteiger charge is 2.47. The molecule has 28 heavy (non-hydrogen) atoms. The topological polar surface area (TPSA) is 87.3 Å². The summed E-state index contributed by atoms with van der Waals surface area (Å²) in [4.78, 5) is 12.7. The van der Waals surface area contributed by atoms with Crippen LogP contribution in [0, 0.1) is 0 Å². The van der Waals surface area contributed by atoms with Gasteiger partial charge in [0.15, 0.2) is 17.3 Å². The molecule has 8 heteroatoms. The van der Waals surface area contributed by atoms with E-state index < -0.39 is 12.0 Å². The molecule has 8 nitrogen and oxygen atoms in total. The van der Waals surface area contributed by atoms with E-state index in [4.69, 9.17) is 23.7 Å². The van der Waals surface area contributed by atoms with Crippen LogP contribution in [0.1, 0.15) is 24.3 Å². The molecule has 2 atom stereocenters. The van der Waals surface area contributed by atoms with Crippen molar-refractivity contribution in [2.24, 2.45) is 0 Å². The second-order valence-corrected chi connectivity index (χ2v) is 6.20. The van der Waals surface area contributed by atoms with E-state index in [2.05, 4.69) is 10.9 Å². The smallest absolute Gasteiger partial charge is 0.219 e. The Hall–Kier alpha value is -2.81. The fourth-order valence-electron chi connectivity index (χ4n) is 3.16. The Morgan fingerprint density at radius 2 is 1.68 bits per heavy atom. The predicted octanol–water partition coefficient (Wildman–Crippen LogP) is 2.29. The van der Waals surface area contributed by atoms with Crippen LogP contribution in [0.5, 0.6) is 23.0 Å². The Morgan fingerprint density at radius 1 is 1.00 bits per heavy atom. The van der Waals surface area contributed by atoms with Gasteiger partial charge in [0.25, 0.3) is 0 Å². The van der Waals surface area contributed by atoms with Crippen molar-refractivity contribution >= 4 is 5.78 Å². The summed E-state index contributed by atoms with van der Waals surface area (Å²) in [5, 5.41) is 0. The summed E-state index contributed by atoms with van der Waals surface area (Å²) in [6.45, 7) is 1.45. The van der Waals surface area contributed by atoms with Gasteiger partial charge in [0.05, 0.1) is 28.4 Å². The molecular weight excluding hydrogens is 364 g/mol. The Morgan fingerprint density at radius 3 is 2.21 bits per heavy atom. The van der Waals surface area contributed by atoms with Crippen LogP contribution in [0.4, 0.5) is 0 Å². The molecule has 0 radical (unpaired) electrons. The number of Topliss-reactive ketones (excluding diaryl/α,β-unsaturated/α-hetero) is 1. The molecule has 1 heterocycles. The fraction of sp³-hybridized carbons (Fsp3) is 0.350. The second-order valence-electron chi connectivity index (χ2n) is 6.20. The number of carbonyl (C=O) groups is 1. The SMILES string of the molecule is COc1cccc(C2NNC(C(C)=O)(c3cc(OC)c(OC)c(OC)c3)O2)c1. The van der Waals surface area contributed by atoms with Crippen LogP contribution < -0.4 is 29.8 Å². The molecule has 3 rings (SSSR count). The molecule has 0 aliphatic carbocycles. The van der Waals surface area contributed by atoms with Gasteiger partial charge in [0.1, 0.15) is 12.0 Å². The fourth-order valence-corrected chi connectivity index (χ4v) is 3.16. The van der Waals surface area contributed by atoms with Crippen LogP contribution in [0.15, 0.2) is 36.4 Å². The first-order valence-electron chi connectivity index (χ1n) is 8.65. The zero-order valence-corrected chi connectivity index (χ0v) is 16.5. The summed E-state index contributed by atoms with van der Waals surface area (Å²) >= 11 is 0. The molecule has 2 aromatic carbocycles. The van der Waals surface area contributed by atoms with Crippen LogP contribution in [0.2, 0.25) is 0 Å². The summed E-state index contributed by atoms with van der Waals surface area (Å²) in [5.74, 6) is 1.74. The minimum Gasteiger partial charge on any atom is -0.497 e. The third-order valence-electron chi connectivity index (χ3n) is 4.64. The highest BCUT2D eigenvalue weighted by Crippen LogP contribution is 2.43. The highest BCUT2D eigenvalue weighted by molar-refractivity contribution is 5.86. The number of ether oxygens (including phenoxy) is 5. The zero-order chi connectivity index (χ0) is 20.3. The van der Waals surface area contributed by atoms with Crippen LogP contribution >= 0.6 is 0 Å². The molecule has 1 fully saturated rings. The summed E-state index contributed by atoms with van der Waals surface area (Å²) in [6, 6.07) is 10.8. The molecular formula is C20H24N2O6. The van der Waals surface area contributed by atoms with Crippen molar-refractivity contribution in [2.45, 2.75) is 18.9 Å². The first kappa shape index (κ1) is 19.9. The molecule has 2 N–H and O–H groups in total. The molecule has 1 aliphatic rings. The Bertz CT molecular complexity index is 847. The van der Waals surface area contributed by atoms with Gasteiger partial charge in [0.2, 0.25) is 11.5 Å². The van der Waals surface area contributed by atoms with E-state index in [1.165, 1.54) is 28.3 Å². The number of hydrogen-bond donors (Lipinski definition) is 2. The van der Waals surface area contributed by atoms with Crippen LogP contribution in [-0.2, 0) is 15.3 Å². The van der Waals surface area contributed by atoms with Crippen molar-refractivity contribution in [3.8, 4) is 23.0 Å². The number of ketones is 1. The van der Waals surface area contributed by atoms with Crippen molar-refractivity contribution in [3.63, 3.8) is 0 Å². The molecule has 0 amide bonds. The molecule has 2 unspecified atom stereocenters. The zero-order valence-electron chi connectivity index (χ0n) is 16.5. The molecule has 0 saturated carbocycles. The maximum Gasteiger partial charge on any atom is 0.219 e. The normalized spacial score (nSPS) is 21.2. The Kier molecular flexibility index (Phi) is 5.73. The number of hydrogen-bond acceptors (Lipinski definition) is 8. The number of benzene rings is 2. The van der Waals surface area contributed by atoms with Crippen molar-refractivity contribution in [1.29, 1.82) is 0 Å². The standard InChI is InChI=1S/C20H24N2O6/c1-12(23)20(14-10-16(25-3)18(27-5)17(11-14)26-4)22-21-19(28-20)13-7-6-8-15(9-13)24-2/h6-11,19,21-22H,1-5H3. The monoisotopic (exact) mass is 388 g/mol. The van der Waals surface area contributed by atoms with Crippen LogP contribution in [0.25, 0.3) is 0 Å². The quantitative estimate of drug-likeness (QED) is 0.747. The molecule has 0 spiro atoms. The van der Waals surface area contributed by atoms with Gasteiger partial charge < -0.3 is 23.7 Å². The number of nitrogens with one attached hydrogen (secondary N) is 2. The number of methoxy groups -OCH3 is 4. The number of hydrazine groups is 1. The third kappa shape index (κ3) is 3.37. The molecule has 1 saturated heterocycles. The third-order valence-corrected chi connectivity index (χ3v) is 4.64. The summed E-state index contributed by atoms with van der Waals surface area (Å²) in [7, 11) is 6.14. The largest absolute Gasteiger partial charge is 0.497 e. The molecule has 0 aromatic heterocycles. The molecule has 0 bridgehead atoms. The van der Waals surface area contributed by atoms with E-state index in [0.29, 0.717) is 28.6 Å². The highest BCUT2D eigenvalue weighted by atomic mass is 16.6. The lowest BCUT2D eigenvalue weighted by molar-refractivity contribution is -0.145. The van der Waals surface area contributed by atoms with Gasteiger partial charge in [-0.3, -0.25) is 4.79 Å². The number of rotatable bonds is 7. The number of carbonyl (C=O) groups excluding carboxylic acids is 1. The lowest BCUT2D eigenvalue weighted by atomic mass is 9.98. The van der Waals surface area contributed by atoms with E-state index >= 15 is 0 Å². The summed E-state index contributed by atoms with van der Waals surface area (Å²) < 4.78 is 27.6. The lowest BCUT2D eigenvalue weighted by Gasteiger charge is -2.27. The molecule has 2 aromatic rings. The maximum absolute atomic E-state index is 12.7. The van der Waals surface area contributed by atoms with Crippen molar-refractivity contribution < 1.29 is 28.5 Å².